The number of nitrogens with zero attached hydrogens (tertiary/aromatic N) is 2. The standard InChI is InChI=1S/C27H25N3O3/c1-16(26(28)31)30-25(19-11-4-5-12-20(19)27(30)32)23-21-13-6-7-14-22(21)29(2)24(23)17-9-8-10-18(15-17)33-3/h4-16,25H,1-3H3,(H2,28,31)/t16-,25-/m1/s1. The summed E-state index contributed by atoms with van der Waals surface area (Å²) in [4.78, 5) is 27.4. The smallest absolute Gasteiger partial charge is 0.255 e. The van der Waals surface area contributed by atoms with E-state index in [0.29, 0.717) is 5.56 Å². The minimum absolute atomic E-state index is 0.188. The van der Waals surface area contributed by atoms with Crippen LogP contribution >= 0.6 is 0 Å². The van der Waals surface area contributed by atoms with Crippen molar-refractivity contribution < 1.29 is 14.3 Å². The Labute approximate surface area is 192 Å². The first kappa shape index (κ1) is 20.8. The molecule has 166 valence electrons. The molecule has 2 N–H and O–H groups in total. The number of fused-ring (bicyclic) bond motifs is 2. The first-order valence-corrected chi connectivity index (χ1v) is 10.9. The van der Waals surface area contributed by atoms with Gasteiger partial charge in [0.2, 0.25) is 5.91 Å². The zero-order valence-corrected chi connectivity index (χ0v) is 18.8. The van der Waals surface area contributed by atoms with E-state index >= 15 is 0 Å². The number of carbonyl (C=O) groups excluding carboxylic acids is 2. The summed E-state index contributed by atoms with van der Waals surface area (Å²) in [7, 11) is 3.66. The molecule has 0 radical (unpaired) electrons. The molecule has 1 aliphatic heterocycles. The highest BCUT2D eigenvalue weighted by Crippen LogP contribution is 2.47. The number of nitrogens with two attached hydrogens (primary N) is 1. The van der Waals surface area contributed by atoms with Crippen LogP contribution in [0.25, 0.3) is 22.2 Å². The van der Waals surface area contributed by atoms with E-state index in [0.717, 1.165) is 39.0 Å². The summed E-state index contributed by atoms with van der Waals surface area (Å²) in [6, 6.07) is 22.3. The van der Waals surface area contributed by atoms with Crippen LogP contribution in [-0.4, -0.2) is 34.4 Å². The number of carbonyl (C=O) groups is 2. The van der Waals surface area contributed by atoms with Crippen LogP contribution in [0.2, 0.25) is 0 Å². The Morgan fingerprint density at radius 2 is 1.76 bits per heavy atom. The molecular weight excluding hydrogens is 414 g/mol. The highest BCUT2D eigenvalue weighted by Gasteiger charge is 2.44. The molecule has 5 rings (SSSR count). The fourth-order valence-electron chi connectivity index (χ4n) is 4.99. The predicted octanol–water partition coefficient (Wildman–Crippen LogP) is 4.27. The third kappa shape index (κ3) is 3.09. The predicted molar refractivity (Wildman–Crippen MR) is 128 cm³/mol. The van der Waals surface area contributed by atoms with E-state index in [1.165, 1.54) is 0 Å². The van der Waals surface area contributed by atoms with E-state index in [2.05, 4.69) is 16.7 Å². The molecule has 2 heterocycles. The van der Waals surface area contributed by atoms with Crippen molar-refractivity contribution in [2.24, 2.45) is 12.8 Å². The molecule has 0 spiro atoms. The molecule has 1 aromatic heterocycles. The largest absolute Gasteiger partial charge is 0.497 e. The fraction of sp³-hybridized carbons (Fsp3) is 0.185. The number of primary amides is 1. The zero-order valence-electron chi connectivity index (χ0n) is 18.8. The van der Waals surface area contributed by atoms with Crippen molar-refractivity contribution in [1.29, 1.82) is 0 Å². The molecule has 2 atom stereocenters. The van der Waals surface area contributed by atoms with Gasteiger partial charge in [-0.15, -0.1) is 0 Å². The van der Waals surface area contributed by atoms with E-state index in [4.69, 9.17) is 10.5 Å². The molecule has 2 amide bonds. The third-order valence-corrected chi connectivity index (χ3v) is 6.59. The maximum Gasteiger partial charge on any atom is 0.255 e. The number of para-hydroxylation sites is 1. The molecule has 4 aromatic rings. The Balaban J connectivity index is 1.87. The van der Waals surface area contributed by atoms with Crippen LogP contribution in [0.3, 0.4) is 0 Å². The van der Waals surface area contributed by atoms with Gasteiger partial charge in [-0.1, -0.05) is 48.5 Å². The maximum absolute atomic E-state index is 13.5. The average Bonchev–Trinajstić information content (AvgIpc) is 3.29. The lowest BCUT2D eigenvalue weighted by Crippen LogP contribution is -2.45. The van der Waals surface area contributed by atoms with Gasteiger partial charge in [0, 0.05) is 34.6 Å². The summed E-state index contributed by atoms with van der Waals surface area (Å²) in [6.45, 7) is 1.69. The topological polar surface area (TPSA) is 77.6 Å². The number of hydrogen-bond acceptors (Lipinski definition) is 3. The summed E-state index contributed by atoms with van der Waals surface area (Å²) in [5, 5.41) is 1.02. The van der Waals surface area contributed by atoms with Crippen LogP contribution in [0.4, 0.5) is 0 Å². The molecule has 6 heteroatoms. The monoisotopic (exact) mass is 439 g/mol. The molecule has 33 heavy (non-hydrogen) atoms. The summed E-state index contributed by atoms with van der Waals surface area (Å²) in [6.07, 6.45) is 0. The van der Waals surface area contributed by atoms with E-state index in [1.807, 2.05) is 67.7 Å². The van der Waals surface area contributed by atoms with Gasteiger partial charge in [-0.3, -0.25) is 9.59 Å². The van der Waals surface area contributed by atoms with Crippen LogP contribution in [0, 0.1) is 0 Å². The number of benzene rings is 3. The highest BCUT2D eigenvalue weighted by atomic mass is 16.5. The Kier molecular flexibility index (Phi) is 4.93. The van der Waals surface area contributed by atoms with Gasteiger partial charge in [0.05, 0.1) is 18.8 Å². The number of hydrogen-bond donors (Lipinski definition) is 1. The second-order valence-electron chi connectivity index (χ2n) is 8.35. The van der Waals surface area contributed by atoms with Gasteiger partial charge < -0.3 is 19.9 Å². The molecule has 0 bridgehead atoms. The van der Waals surface area contributed by atoms with Crippen molar-refractivity contribution in [3.63, 3.8) is 0 Å². The fourth-order valence-corrected chi connectivity index (χ4v) is 4.99. The molecule has 0 saturated carbocycles. The van der Waals surface area contributed by atoms with Crippen LogP contribution in [0.5, 0.6) is 5.75 Å². The third-order valence-electron chi connectivity index (χ3n) is 6.59. The number of aryl methyl sites for hydroxylation is 1. The van der Waals surface area contributed by atoms with E-state index in [9.17, 15) is 9.59 Å². The quantitative estimate of drug-likeness (QED) is 0.504. The Morgan fingerprint density at radius 3 is 2.52 bits per heavy atom. The van der Waals surface area contributed by atoms with Gasteiger partial charge in [0.25, 0.3) is 5.91 Å². The molecule has 0 fully saturated rings. The summed E-state index contributed by atoms with van der Waals surface area (Å²) < 4.78 is 7.62. The van der Waals surface area contributed by atoms with Gasteiger partial charge in [-0.05, 0) is 36.8 Å². The first-order valence-electron chi connectivity index (χ1n) is 10.9. The van der Waals surface area contributed by atoms with Gasteiger partial charge in [-0.25, -0.2) is 0 Å². The second-order valence-corrected chi connectivity index (χ2v) is 8.35. The molecule has 6 nitrogen and oxygen atoms in total. The van der Waals surface area contributed by atoms with Crippen LogP contribution in [0.1, 0.15) is 34.5 Å². The number of rotatable bonds is 5. The molecule has 0 unspecified atom stereocenters. The van der Waals surface area contributed by atoms with Crippen molar-refractivity contribution in [1.82, 2.24) is 9.47 Å². The van der Waals surface area contributed by atoms with Crippen LogP contribution in [-0.2, 0) is 11.8 Å². The average molecular weight is 440 g/mol. The Bertz CT molecular complexity index is 1410. The lowest BCUT2D eigenvalue weighted by atomic mass is 9.92. The highest BCUT2D eigenvalue weighted by molar-refractivity contribution is 6.04. The molecule has 1 aliphatic rings. The Morgan fingerprint density at radius 1 is 1.03 bits per heavy atom. The molecular formula is C27H25N3O3. The van der Waals surface area contributed by atoms with E-state index in [1.54, 1.807) is 18.9 Å². The number of amides is 2. The minimum Gasteiger partial charge on any atom is -0.497 e. The number of aromatic nitrogens is 1. The number of methoxy groups -OCH3 is 1. The van der Waals surface area contributed by atoms with E-state index in [-0.39, 0.29) is 5.91 Å². The van der Waals surface area contributed by atoms with Crippen molar-refractivity contribution in [3.8, 4) is 17.0 Å². The lowest BCUT2D eigenvalue weighted by molar-refractivity contribution is -0.122. The van der Waals surface area contributed by atoms with Crippen molar-refractivity contribution in [2.45, 2.75) is 19.0 Å². The maximum atomic E-state index is 13.5. The van der Waals surface area contributed by atoms with E-state index < -0.39 is 18.0 Å². The van der Waals surface area contributed by atoms with Crippen molar-refractivity contribution in [3.05, 3.63) is 89.5 Å². The first-order chi connectivity index (χ1) is 15.9. The van der Waals surface area contributed by atoms with Gasteiger partial charge >= 0.3 is 0 Å². The van der Waals surface area contributed by atoms with Gasteiger partial charge in [0.1, 0.15) is 11.8 Å². The molecule has 0 aliphatic carbocycles. The number of ether oxygens (including phenoxy) is 1. The summed E-state index contributed by atoms with van der Waals surface area (Å²) in [5.74, 6) is 0.0183. The minimum atomic E-state index is -0.771. The SMILES string of the molecule is COc1cccc(-c2c([C@H]3c4ccccc4C(=O)N3[C@H](C)C(N)=O)c3ccccc3n2C)c1. The van der Waals surface area contributed by atoms with Crippen LogP contribution < -0.4 is 10.5 Å². The zero-order chi connectivity index (χ0) is 23.3. The van der Waals surface area contributed by atoms with Crippen LogP contribution in [0.15, 0.2) is 72.8 Å². The lowest BCUT2D eigenvalue weighted by Gasteiger charge is -2.30. The van der Waals surface area contributed by atoms with Crippen molar-refractivity contribution >= 4 is 22.7 Å². The molecule has 0 saturated heterocycles. The summed E-state index contributed by atoms with van der Waals surface area (Å²) >= 11 is 0. The van der Waals surface area contributed by atoms with Gasteiger partial charge in [-0.2, -0.15) is 0 Å². The normalized spacial score (nSPS) is 16.2. The molecule has 3 aromatic carbocycles. The second kappa shape index (κ2) is 7.81. The summed E-state index contributed by atoms with van der Waals surface area (Å²) in [5.41, 5.74) is 11.1. The van der Waals surface area contributed by atoms with Gasteiger partial charge in [0.15, 0.2) is 0 Å². The Hall–Kier alpha value is -4.06. The van der Waals surface area contributed by atoms with Crippen molar-refractivity contribution in [2.75, 3.05) is 7.11 Å².